The summed E-state index contributed by atoms with van der Waals surface area (Å²) in [7, 11) is 0. The molecule has 1 aromatic carbocycles. The third-order valence-corrected chi connectivity index (χ3v) is 5.64. The van der Waals surface area contributed by atoms with Gasteiger partial charge in [0.2, 0.25) is 5.91 Å². The molecule has 2 saturated heterocycles. The smallest absolute Gasteiger partial charge is 0.335 e. The number of carboxylic acid groups (broad SMARTS) is 1. The first-order chi connectivity index (χ1) is 13.5. The van der Waals surface area contributed by atoms with Gasteiger partial charge < -0.3 is 14.4 Å². The van der Waals surface area contributed by atoms with Crippen molar-refractivity contribution in [2.45, 2.75) is 44.2 Å². The van der Waals surface area contributed by atoms with Crippen molar-refractivity contribution in [1.29, 1.82) is 0 Å². The predicted molar refractivity (Wildman–Crippen MR) is 103 cm³/mol. The highest BCUT2D eigenvalue weighted by Gasteiger charge is 2.36. The number of nitrogens with one attached hydrogen (secondary N) is 2. The number of aromatic carboxylic acids is 1. The van der Waals surface area contributed by atoms with E-state index in [0.29, 0.717) is 18.5 Å². The van der Waals surface area contributed by atoms with E-state index in [9.17, 15) is 14.7 Å². The van der Waals surface area contributed by atoms with E-state index in [2.05, 4.69) is 10.9 Å². The summed E-state index contributed by atoms with van der Waals surface area (Å²) in [5, 5.41) is 9.22. The molecule has 3 N–H and O–H groups in total. The lowest BCUT2D eigenvalue weighted by molar-refractivity contribution is -0.134. The fourth-order valence-corrected chi connectivity index (χ4v) is 4.14. The Kier molecular flexibility index (Phi) is 5.19. The van der Waals surface area contributed by atoms with Crippen LogP contribution in [-0.2, 0) is 4.79 Å². The lowest BCUT2D eigenvalue weighted by Gasteiger charge is -2.34. The number of carbonyl (C=O) groups excluding carboxylic acids is 1. The maximum atomic E-state index is 13.0. The Morgan fingerprint density at radius 3 is 2.82 bits per heavy atom. The van der Waals surface area contributed by atoms with Crippen molar-refractivity contribution >= 4 is 11.9 Å². The van der Waals surface area contributed by atoms with E-state index in [1.165, 1.54) is 0 Å². The second kappa shape index (κ2) is 7.77. The van der Waals surface area contributed by atoms with Crippen molar-refractivity contribution in [3.63, 3.8) is 0 Å². The highest BCUT2D eigenvalue weighted by molar-refractivity contribution is 5.87. The lowest BCUT2D eigenvalue weighted by Crippen LogP contribution is -2.48. The van der Waals surface area contributed by atoms with Gasteiger partial charge in [-0.1, -0.05) is 12.1 Å². The quantitative estimate of drug-likeness (QED) is 0.751. The van der Waals surface area contributed by atoms with Crippen molar-refractivity contribution in [3.05, 3.63) is 59.0 Å². The highest BCUT2D eigenvalue weighted by atomic mass is 16.4. The molecule has 2 aliphatic rings. The van der Waals surface area contributed by atoms with Gasteiger partial charge in [-0.15, -0.1) is 0 Å². The molecule has 7 nitrogen and oxygen atoms in total. The van der Waals surface area contributed by atoms with Crippen molar-refractivity contribution in [3.8, 4) is 0 Å². The molecule has 1 amide bonds. The zero-order valence-corrected chi connectivity index (χ0v) is 15.9. The molecule has 0 radical (unpaired) electrons. The number of rotatable bonds is 4. The molecule has 0 bridgehead atoms. The molecular formula is C21H25N3O4. The number of piperidine rings is 1. The van der Waals surface area contributed by atoms with Crippen LogP contribution in [0.3, 0.4) is 0 Å². The van der Waals surface area contributed by atoms with Gasteiger partial charge in [0.05, 0.1) is 11.6 Å². The first-order valence-electron chi connectivity index (χ1n) is 9.70. The summed E-state index contributed by atoms with van der Waals surface area (Å²) in [6.45, 7) is 3.25. The topological polar surface area (TPSA) is 94.8 Å². The third-order valence-electron chi connectivity index (χ3n) is 5.64. The van der Waals surface area contributed by atoms with Crippen LogP contribution in [0.1, 0.15) is 58.7 Å². The predicted octanol–water partition coefficient (Wildman–Crippen LogP) is 2.60. The minimum atomic E-state index is -0.925. The van der Waals surface area contributed by atoms with Crippen LogP contribution < -0.4 is 10.9 Å². The zero-order valence-electron chi connectivity index (χ0n) is 15.9. The summed E-state index contributed by atoms with van der Waals surface area (Å²) < 4.78 is 5.67. The SMILES string of the molecule is Cc1ccc(C2CC(C(=O)N3CCCC(c4cccc(C(=O)O)c4)C3)NN2)o1. The lowest BCUT2D eigenvalue weighted by atomic mass is 9.89. The maximum absolute atomic E-state index is 13.0. The molecule has 148 valence electrons. The van der Waals surface area contributed by atoms with E-state index in [1.807, 2.05) is 30.0 Å². The van der Waals surface area contributed by atoms with E-state index in [-0.39, 0.29) is 23.9 Å². The first-order valence-corrected chi connectivity index (χ1v) is 9.70. The third kappa shape index (κ3) is 3.81. The molecular weight excluding hydrogens is 358 g/mol. The second-order valence-corrected chi connectivity index (χ2v) is 7.63. The minimum absolute atomic E-state index is 0.0181. The Morgan fingerprint density at radius 1 is 1.21 bits per heavy atom. The van der Waals surface area contributed by atoms with Crippen LogP contribution in [0.2, 0.25) is 0 Å². The Labute approximate surface area is 163 Å². The highest BCUT2D eigenvalue weighted by Crippen LogP contribution is 2.30. The molecule has 3 atom stereocenters. The number of hydrogen-bond donors (Lipinski definition) is 3. The van der Waals surface area contributed by atoms with Crippen molar-refractivity contribution in [1.82, 2.24) is 15.8 Å². The van der Waals surface area contributed by atoms with Gasteiger partial charge in [-0.05, 0) is 56.0 Å². The van der Waals surface area contributed by atoms with Crippen molar-refractivity contribution in [2.75, 3.05) is 13.1 Å². The molecule has 0 spiro atoms. The number of hydrogen-bond acceptors (Lipinski definition) is 5. The molecule has 3 unspecified atom stereocenters. The van der Waals surface area contributed by atoms with E-state index < -0.39 is 5.97 Å². The Bertz CT molecular complexity index is 878. The Hall–Kier alpha value is -2.64. The first kappa shape index (κ1) is 18.7. The summed E-state index contributed by atoms with van der Waals surface area (Å²) in [5.41, 5.74) is 7.55. The van der Waals surface area contributed by atoms with Crippen molar-refractivity contribution < 1.29 is 19.1 Å². The number of likely N-dealkylation sites (tertiary alicyclic amines) is 1. The summed E-state index contributed by atoms with van der Waals surface area (Å²) in [4.78, 5) is 26.2. The number of carboxylic acids is 1. The van der Waals surface area contributed by atoms with Gasteiger partial charge in [-0.3, -0.25) is 4.79 Å². The second-order valence-electron chi connectivity index (χ2n) is 7.63. The summed E-state index contributed by atoms with van der Waals surface area (Å²) >= 11 is 0. The fraction of sp³-hybridized carbons (Fsp3) is 0.429. The monoisotopic (exact) mass is 383 g/mol. The number of furan rings is 1. The molecule has 1 aromatic heterocycles. The van der Waals surface area contributed by atoms with Gasteiger partial charge in [0, 0.05) is 19.0 Å². The number of hydrazine groups is 1. The normalized spacial score (nSPS) is 25.0. The summed E-state index contributed by atoms with van der Waals surface area (Å²) in [5.74, 6) is 1.01. The largest absolute Gasteiger partial charge is 0.478 e. The molecule has 28 heavy (non-hydrogen) atoms. The summed E-state index contributed by atoms with van der Waals surface area (Å²) in [6, 6.07) is 10.6. The maximum Gasteiger partial charge on any atom is 0.335 e. The number of aryl methyl sites for hydroxylation is 1. The Balaban J connectivity index is 1.41. The van der Waals surface area contributed by atoms with Gasteiger partial charge in [0.1, 0.15) is 17.6 Å². The van der Waals surface area contributed by atoms with E-state index >= 15 is 0 Å². The van der Waals surface area contributed by atoms with Gasteiger partial charge >= 0.3 is 5.97 Å². The summed E-state index contributed by atoms with van der Waals surface area (Å²) in [6.07, 6.45) is 2.51. The minimum Gasteiger partial charge on any atom is -0.478 e. The van der Waals surface area contributed by atoms with E-state index in [0.717, 1.165) is 36.5 Å². The molecule has 4 rings (SSSR count). The standard InChI is InChI=1S/C21H25N3O4/c1-13-7-8-19(28-13)17-11-18(23-22-17)20(25)24-9-3-6-16(12-24)14-4-2-5-15(10-14)21(26)27/h2,4-5,7-8,10,16-18,22-23H,3,6,9,11-12H2,1H3,(H,26,27). The van der Waals surface area contributed by atoms with Crippen LogP contribution in [0.25, 0.3) is 0 Å². The van der Waals surface area contributed by atoms with Crippen LogP contribution in [-0.4, -0.2) is 41.0 Å². The van der Waals surface area contributed by atoms with Gasteiger partial charge in [0.25, 0.3) is 0 Å². The van der Waals surface area contributed by atoms with Gasteiger partial charge in [-0.25, -0.2) is 15.6 Å². The van der Waals surface area contributed by atoms with Gasteiger partial charge in [0.15, 0.2) is 0 Å². The van der Waals surface area contributed by atoms with Crippen LogP contribution in [0.5, 0.6) is 0 Å². The van der Waals surface area contributed by atoms with Crippen molar-refractivity contribution in [2.24, 2.45) is 0 Å². The molecule has 2 aliphatic heterocycles. The zero-order chi connectivity index (χ0) is 19.7. The molecule has 2 fully saturated rings. The average Bonchev–Trinajstić information content (AvgIpc) is 3.37. The Morgan fingerprint density at radius 2 is 2.07 bits per heavy atom. The number of amides is 1. The van der Waals surface area contributed by atoms with E-state index in [4.69, 9.17) is 4.42 Å². The van der Waals surface area contributed by atoms with Crippen LogP contribution in [0.15, 0.2) is 40.8 Å². The molecule has 2 aromatic rings. The molecule has 3 heterocycles. The molecule has 0 saturated carbocycles. The number of nitrogens with zero attached hydrogens (tertiary/aromatic N) is 1. The molecule has 7 heteroatoms. The average molecular weight is 383 g/mol. The van der Waals surface area contributed by atoms with E-state index in [1.54, 1.807) is 18.2 Å². The van der Waals surface area contributed by atoms with Crippen LogP contribution >= 0.6 is 0 Å². The van der Waals surface area contributed by atoms with Crippen LogP contribution in [0.4, 0.5) is 0 Å². The van der Waals surface area contributed by atoms with Crippen LogP contribution in [0, 0.1) is 6.92 Å². The molecule has 0 aliphatic carbocycles. The number of benzene rings is 1. The van der Waals surface area contributed by atoms with Gasteiger partial charge in [-0.2, -0.15) is 0 Å². The fourth-order valence-electron chi connectivity index (χ4n) is 4.14. The number of carbonyl (C=O) groups is 2.